The van der Waals surface area contributed by atoms with Gasteiger partial charge in [0.25, 0.3) is 5.91 Å². The Labute approximate surface area is 180 Å². The quantitative estimate of drug-likeness (QED) is 0.569. The first-order valence-electron chi connectivity index (χ1n) is 9.94. The molecule has 0 atom stereocenters. The molecule has 0 aliphatic heterocycles. The molecule has 0 saturated heterocycles. The molecule has 160 valence electrons. The van der Waals surface area contributed by atoms with Crippen LogP contribution in [0.15, 0.2) is 42.5 Å². The van der Waals surface area contributed by atoms with Crippen molar-refractivity contribution in [3.63, 3.8) is 0 Å². The topological polar surface area (TPSA) is 110 Å². The van der Waals surface area contributed by atoms with Crippen LogP contribution in [0, 0.1) is 13.8 Å². The summed E-state index contributed by atoms with van der Waals surface area (Å²) in [6, 6.07) is 12.3. The molecule has 2 N–H and O–H groups in total. The molecule has 0 aliphatic carbocycles. The first kappa shape index (κ1) is 21.9. The highest BCUT2D eigenvalue weighted by Crippen LogP contribution is 2.16. The Hall–Kier alpha value is -3.81. The number of hydrogen-bond acceptors (Lipinski definition) is 6. The van der Waals surface area contributed by atoms with Gasteiger partial charge in [0.05, 0.1) is 34.5 Å². The van der Waals surface area contributed by atoms with Crippen LogP contribution < -0.4 is 10.6 Å². The van der Waals surface area contributed by atoms with Crippen molar-refractivity contribution in [2.75, 3.05) is 18.5 Å². The van der Waals surface area contributed by atoms with Gasteiger partial charge in [-0.2, -0.15) is 0 Å². The number of carbonyl (C=O) groups excluding carboxylic acids is 3. The van der Waals surface area contributed by atoms with Crippen molar-refractivity contribution in [3.05, 3.63) is 65.0 Å². The van der Waals surface area contributed by atoms with E-state index in [1.54, 1.807) is 24.3 Å². The van der Waals surface area contributed by atoms with Gasteiger partial charge < -0.3 is 15.4 Å². The summed E-state index contributed by atoms with van der Waals surface area (Å²) in [5.74, 6) is -1.59. The highest BCUT2D eigenvalue weighted by molar-refractivity contribution is 5.97. The normalized spacial score (nSPS) is 10.5. The van der Waals surface area contributed by atoms with E-state index >= 15 is 0 Å². The summed E-state index contributed by atoms with van der Waals surface area (Å²) in [6.07, 6.45) is 0.776. The molecule has 31 heavy (non-hydrogen) atoms. The summed E-state index contributed by atoms with van der Waals surface area (Å²) in [4.78, 5) is 45.1. The Morgan fingerprint density at radius 3 is 2.39 bits per heavy atom. The highest BCUT2D eigenvalue weighted by atomic mass is 16.5. The number of rotatable bonds is 7. The largest absolute Gasteiger partial charge is 0.452 e. The minimum absolute atomic E-state index is 0.224. The number of para-hydroxylation sites is 1. The lowest BCUT2D eigenvalue weighted by molar-refractivity contribution is -0.126. The van der Waals surface area contributed by atoms with E-state index in [9.17, 15) is 14.4 Å². The van der Waals surface area contributed by atoms with Crippen LogP contribution in [0.5, 0.6) is 0 Å². The first-order chi connectivity index (χ1) is 14.9. The van der Waals surface area contributed by atoms with Gasteiger partial charge in [-0.1, -0.05) is 25.1 Å². The maximum atomic E-state index is 12.3. The molecule has 0 fully saturated rings. The molecule has 8 heteroatoms. The molecule has 3 aromatic rings. The van der Waals surface area contributed by atoms with Gasteiger partial charge in [-0.15, -0.1) is 0 Å². The van der Waals surface area contributed by atoms with Crippen LogP contribution in [0.4, 0.5) is 5.69 Å². The predicted molar refractivity (Wildman–Crippen MR) is 117 cm³/mol. The number of esters is 1. The fraction of sp³-hybridized carbons (Fsp3) is 0.261. The summed E-state index contributed by atoms with van der Waals surface area (Å²) in [5.41, 5.74) is 4.83. The van der Waals surface area contributed by atoms with Gasteiger partial charge in [-0.05, 0) is 50.1 Å². The number of amides is 2. The molecule has 1 aromatic heterocycles. The van der Waals surface area contributed by atoms with Crippen LogP contribution in [-0.2, 0) is 20.7 Å². The van der Waals surface area contributed by atoms with Crippen LogP contribution >= 0.6 is 0 Å². The van der Waals surface area contributed by atoms with Gasteiger partial charge in [0.1, 0.15) is 0 Å². The molecule has 0 saturated carbocycles. The number of aromatic nitrogens is 2. The van der Waals surface area contributed by atoms with Crippen molar-refractivity contribution in [2.24, 2.45) is 0 Å². The van der Waals surface area contributed by atoms with Crippen LogP contribution in [0.1, 0.15) is 34.2 Å². The van der Waals surface area contributed by atoms with Gasteiger partial charge in [0, 0.05) is 5.69 Å². The number of carbonyl (C=O) groups is 3. The zero-order valence-corrected chi connectivity index (χ0v) is 17.7. The molecule has 2 amide bonds. The lowest BCUT2D eigenvalue weighted by Crippen LogP contribution is -2.35. The fourth-order valence-electron chi connectivity index (χ4n) is 2.95. The van der Waals surface area contributed by atoms with E-state index in [-0.39, 0.29) is 18.0 Å². The average Bonchev–Trinajstić information content (AvgIpc) is 2.77. The smallest absolute Gasteiger partial charge is 0.338 e. The number of nitrogens with one attached hydrogen (secondary N) is 2. The van der Waals surface area contributed by atoms with E-state index in [4.69, 9.17) is 4.74 Å². The second-order valence-corrected chi connectivity index (χ2v) is 7.01. The lowest BCUT2D eigenvalue weighted by atomic mass is 10.1. The standard InChI is InChI=1S/C23H24N4O4/c1-4-16-7-5-6-8-18(16)27-21(28)12-24-22(29)13-31-23(30)17-9-10-19-20(11-17)26-15(3)14(2)25-19/h5-11H,4,12-13H2,1-3H3,(H,24,29)(H,27,28). The molecular weight excluding hydrogens is 396 g/mol. The molecule has 0 radical (unpaired) electrons. The summed E-state index contributed by atoms with van der Waals surface area (Å²) < 4.78 is 5.05. The monoisotopic (exact) mass is 420 g/mol. The number of benzene rings is 2. The number of hydrogen-bond donors (Lipinski definition) is 2. The third-order valence-corrected chi connectivity index (χ3v) is 4.76. The van der Waals surface area contributed by atoms with Crippen LogP contribution in [0.3, 0.4) is 0 Å². The minimum Gasteiger partial charge on any atom is -0.452 e. The molecule has 0 spiro atoms. The molecule has 0 unspecified atom stereocenters. The van der Waals surface area contributed by atoms with Crippen LogP contribution in [0.25, 0.3) is 11.0 Å². The van der Waals surface area contributed by atoms with E-state index in [2.05, 4.69) is 20.6 Å². The van der Waals surface area contributed by atoms with Gasteiger partial charge in [-0.3, -0.25) is 9.59 Å². The van der Waals surface area contributed by atoms with Gasteiger partial charge in [0.2, 0.25) is 5.91 Å². The summed E-state index contributed by atoms with van der Waals surface area (Å²) in [6.45, 7) is 4.98. The SMILES string of the molecule is CCc1ccccc1NC(=O)CNC(=O)COC(=O)c1ccc2nc(C)c(C)nc2c1. The van der Waals surface area contributed by atoms with E-state index in [0.29, 0.717) is 16.7 Å². The lowest BCUT2D eigenvalue weighted by Gasteiger charge is -2.10. The maximum absolute atomic E-state index is 12.3. The van der Waals surface area contributed by atoms with Crippen molar-refractivity contribution in [3.8, 4) is 0 Å². The predicted octanol–water partition coefficient (Wildman–Crippen LogP) is 2.72. The van der Waals surface area contributed by atoms with Crippen molar-refractivity contribution >= 4 is 34.5 Å². The van der Waals surface area contributed by atoms with Gasteiger partial charge >= 0.3 is 5.97 Å². The molecule has 2 aromatic carbocycles. The molecule has 8 nitrogen and oxygen atoms in total. The Bertz CT molecular complexity index is 1140. The third kappa shape index (κ3) is 5.63. The van der Waals surface area contributed by atoms with E-state index < -0.39 is 18.5 Å². The van der Waals surface area contributed by atoms with Crippen LogP contribution in [-0.4, -0.2) is 40.9 Å². The number of aryl methyl sites for hydroxylation is 3. The summed E-state index contributed by atoms with van der Waals surface area (Å²) >= 11 is 0. The second-order valence-electron chi connectivity index (χ2n) is 7.01. The molecule has 0 aliphatic rings. The summed E-state index contributed by atoms with van der Waals surface area (Å²) in [5, 5.41) is 5.20. The van der Waals surface area contributed by atoms with Gasteiger partial charge in [0.15, 0.2) is 6.61 Å². The van der Waals surface area contributed by atoms with E-state index in [0.717, 1.165) is 23.4 Å². The van der Waals surface area contributed by atoms with Crippen molar-refractivity contribution in [2.45, 2.75) is 27.2 Å². The Balaban J connectivity index is 1.50. The second kappa shape index (κ2) is 9.80. The fourth-order valence-corrected chi connectivity index (χ4v) is 2.95. The highest BCUT2D eigenvalue weighted by Gasteiger charge is 2.13. The maximum Gasteiger partial charge on any atom is 0.338 e. The van der Waals surface area contributed by atoms with E-state index in [1.165, 1.54) is 0 Å². The van der Waals surface area contributed by atoms with Crippen LogP contribution in [0.2, 0.25) is 0 Å². The number of nitrogens with zero attached hydrogens (tertiary/aromatic N) is 2. The van der Waals surface area contributed by atoms with Crippen molar-refractivity contribution < 1.29 is 19.1 Å². The van der Waals surface area contributed by atoms with Gasteiger partial charge in [-0.25, -0.2) is 14.8 Å². The minimum atomic E-state index is -0.654. The Kier molecular flexibility index (Phi) is 6.92. The van der Waals surface area contributed by atoms with E-state index in [1.807, 2.05) is 39.0 Å². The summed E-state index contributed by atoms with van der Waals surface area (Å²) in [7, 11) is 0. The average molecular weight is 420 g/mol. The zero-order valence-electron chi connectivity index (χ0n) is 17.7. The number of fused-ring (bicyclic) bond motifs is 1. The Morgan fingerprint density at radius 1 is 0.935 bits per heavy atom. The first-order valence-corrected chi connectivity index (χ1v) is 9.94. The van der Waals surface area contributed by atoms with Crippen molar-refractivity contribution in [1.29, 1.82) is 0 Å². The third-order valence-electron chi connectivity index (χ3n) is 4.76. The molecule has 3 rings (SSSR count). The molecular formula is C23H24N4O4. The number of anilines is 1. The Morgan fingerprint density at radius 2 is 1.65 bits per heavy atom. The zero-order chi connectivity index (χ0) is 22.4. The molecule has 1 heterocycles. The van der Waals surface area contributed by atoms with Crippen molar-refractivity contribution in [1.82, 2.24) is 15.3 Å². The number of ether oxygens (including phenoxy) is 1. The molecule has 0 bridgehead atoms.